The summed E-state index contributed by atoms with van der Waals surface area (Å²) in [5.74, 6) is 1.57. The number of hydrogen-bond donors (Lipinski definition) is 0. The zero-order valence-electron chi connectivity index (χ0n) is 14.8. The van der Waals surface area contributed by atoms with Crippen LogP contribution in [-0.4, -0.2) is 12.6 Å². The summed E-state index contributed by atoms with van der Waals surface area (Å²) < 4.78 is 11.0. The highest BCUT2D eigenvalue weighted by Gasteiger charge is 2.36. The molecular weight excluding hydrogens is 312 g/mol. The summed E-state index contributed by atoms with van der Waals surface area (Å²) in [5, 5.41) is 0. The molecule has 2 atom stereocenters. The fraction of sp³-hybridized carbons (Fsp3) is 0.318. The van der Waals surface area contributed by atoms with Crippen molar-refractivity contribution in [3.63, 3.8) is 0 Å². The lowest BCUT2D eigenvalue weighted by Gasteiger charge is -2.11. The van der Waals surface area contributed by atoms with Gasteiger partial charge in [0.05, 0.1) is 6.61 Å². The van der Waals surface area contributed by atoms with Gasteiger partial charge >= 0.3 is 5.97 Å². The summed E-state index contributed by atoms with van der Waals surface area (Å²) in [6.45, 7) is 4.95. The van der Waals surface area contributed by atoms with E-state index in [9.17, 15) is 4.79 Å². The molecule has 0 radical (unpaired) electrons. The molecule has 0 unspecified atom stereocenters. The van der Waals surface area contributed by atoms with Crippen molar-refractivity contribution in [3.8, 4) is 5.75 Å². The molecule has 0 aliphatic heterocycles. The van der Waals surface area contributed by atoms with Gasteiger partial charge in [0.15, 0.2) is 0 Å². The SMILES string of the molecule is CCOC(=O)/C=C(/c1cccc(OCc2ccccc2)c1)[C@H]1C[C@H]1C. The lowest BCUT2D eigenvalue weighted by molar-refractivity contribution is -0.137. The maximum Gasteiger partial charge on any atom is 0.331 e. The highest BCUT2D eigenvalue weighted by atomic mass is 16.5. The number of benzene rings is 2. The van der Waals surface area contributed by atoms with Gasteiger partial charge in [0.25, 0.3) is 0 Å². The Balaban J connectivity index is 1.77. The van der Waals surface area contributed by atoms with Crippen LogP contribution < -0.4 is 4.74 Å². The van der Waals surface area contributed by atoms with Crippen molar-refractivity contribution in [1.82, 2.24) is 0 Å². The quantitative estimate of drug-likeness (QED) is 0.534. The molecular formula is C22H24O3. The van der Waals surface area contributed by atoms with Crippen LogP contribution in [0, 0.1) is 11.8 Å². The highest BCUT2D eigenvalue weighted by molar-refractivity contribution is 5.92. The largest absolute Gasteiger partial charge is 0.489 e. The van der Waals surface area contributed by atoms with E-state index < -0.39 is 0 Å². The average molecular weight is 336 g/mol. The van der Waals surface area contributed by atoms with Gasteiger partial charge in [0, 0.05) is 6.08 Å². The Bertz CT molecular complexity index is 749. The Morgan fingerprint density at radius 2 is 1.92 bits per heavy atom. The van der Waals surface area contributed by atoms with E-state index in [-0.39, 0.29) is 5.97 Å². The molecule has 2 aromatic rings. The third-order valence-electron chi connectivity index (χ3n) is 4.48. The summed E-state index contributed by atoms with van der Waals surface area (Å²) in [7, 11) is 0. The van der Waals surface area contributed by atoms with Crippen molar-refractivity contribution < 1.29 is 14.3 Å². The number of allylic oxidation sites excluding steroid dienone is 1. The number of carbonyl (C=O) groups is 1. The van der Waals surface area contributed by atoms with E-state index >= 15 is 0 Å². The fourth-order valence-corrected chi connectivity index (χ4v) is 2.98. The molecule has 1 saturated carbocycles. The van der Waals surface area contributed by atoms with Crippen LogP contribution in [0.4, 0.5) is 0 Å². The van der Waals surface area contributed by atoms with Crippen molar-refractivity contribution >= 4 is 11.5 Å². The first kappa shape index (κ1) is 17.3. The van der Waals surface area contributed by atoms with Crippen LogP contribution in [0.1, 0.15) is 31.4 Å². The minimum Gasteiger partial charge on any atom is -0.489 e. The van der Waals surface area contributed by atoms with E-state index in [1.54, 1.807) is 6.08 Å². The molecule has 2 aromatic carbocycles. The summed E-state index contributed by atoms with van der Waals surface area (Å²) in [6.07, 6.45) is 2.76. The predicted molar refractivity (Wildman–Crippen MR) is 99.1 cm³/mol. The van der Waals surface area contributed by atoms with E-state index in [1.165, 1.54) is 0 Å². The van der Waals surface area contributed by atoms with Crippen LogP contribution >= 0.6 is 0 Å². The van der Waals surface area contributed by atoms with E-state index in [1.807, 2.05) is 61.5 Å². The molecule has 130 valence electrons. The first-order chi connectivity index (χ1) is 12.2. The number of ether oxygens (including phenoxy) is 2. The maximum absolute atomic E-state index is 11.9. The van der Waals surface area contributed by atoms with Gasteiger partial charge in [-0.3, -0.25) is 0 Å². The smallest absolute Gasteiger partial charge is 0.331 e. The summed E-state index contributed by atoms with van der Waals surface area (Å²) in [4.78, 5) is 11.9. The second-order valence-electron chi connectivity index (χ2n) is 6.47. The highest BCUT2D eigenvalue weighted by Crippen LogP contribution is 2.48. The van der Waals surface area contributed by atoms with Crippen molar-refractivity contribution in [1.29, 1.82) is 0 Å². The van der Waals surface area contributed by atoms with Crippen molar-refractivity contribution in [2.75, 3.05) is 6.61 Å². The second-order valence-corrected chi connectivity index (χ2v) is 6.47. The molecule has 25 heavy (non-hydrogen) atoms. The Hall–Kier alpha value is -2.55. The molecule has 1 aliphatic carbocycles. The predicted octanol–water partition coefficient (Wildman–Crippen LogP) is 4.87. The molecule has 3 heteroatoms. The third-order valence-corrected chi connectivity index (χ3v) is 4.48. The van der Waals surface area contributed by atoms with Crippen LogP contribution in [0.5, 0.6) is 5.75 Å². The van der Waals surface area contributed by atoms with E-state index in [0.717, 1.165) is 28.9 Å². The Kier molecular flexibility index (Phi) is 5.54. The normalized spacial score (nSPS) is 19.4. The van der Waals surface area contributed by atoms with Crippen LogP contribution in [0.2, 0.25) is 0 Å². The van der Waals surface area contributed by atoms with Crippen LogP contribution in [0.25, 0.3) is 5.57 Å². The molecule has 1 fully saturated rings. The van der Waals surface area contributed by atoms with Crippen LogP contribution in [0.3, 0.4) is 0 Å². The van der Waals surface area contributed by atoms with Gasteiger partial charge in [-0.25, -0.2) is 4.79 Å². The molecule has 0 heterocycles. The van der Waals surface area contributed by atoms with Gasteiger partial charge in [0.1, 0.15) is 12.4 Å². The van der Waals surface area contributed by atoms with Crippen molar-refractivity contribution in [3.05, 3.63) is 71.8 Å². The lowest BCUT2D eigenvalue weighted by Crippen LogP contribution is -2.02. The molecule has 3 nitrogen and oxygen atoms in total. The minimum atomic E-state index is -0.271. The number of carbonyl (C=O) groups excluding carboxylic acids is 1. The summed E-state index contributed by atoms with van der Waals surface area (Å²) >= 11 is 0. The van der Waals surface area contributed by atoms with Crippen molar-refractivity contribution in [2.45, 2.75) is 26.9 Å². The second kappa shape index (κ2) is 8.02. The maximum atomic E-state index is 11.9. The van der Waals surface area contributed by atoms with Crippen molar-refractivity contribution in [2.24, 2.45) is 11.8 Å². The molecule has 0 N–H and O–H groups in total. The first-order valence-corrected chi connectivity index (χ1v) is 8.83. The third kappa shape index (κ3) is 4.72. The zero-order chi connectivity index (χ0) is 17.6. The molecule has 0 spiro atoms. The topological polar surface area (TPSA) is 35.5 Å². The van der Waals surface area contributed by atoms with Gasteiger partial charge in [-0.15, -0.1) is 0 Å². The van der Waals surface area contributed by atoms with Crippen LogP contribution in [-0.2, 0) is 16.1 Å². The summed E-state index contributed by atoms with van der Waals surface area (Å²) in [5.41, 5.74) is 3.22. The van der Waals surface area contributed by atoms with Gasteiger partial charge in [0.2, 0.25) is 0 Å². The van der Waals surface area contributed by atoms with Gasteiger partial charge in [-0.2, -0.15) is 0 Å². The molecule has 1 aliphatic rings. The molecule has 0 bridgehead atoms. The Morgan fingerprint density at radius 1 is 1.16 bits per heavy atom. The number of esters is 1. The molecule has 3 rings (SSSR count). The minimum absolute atomic E-state index is 0.271. The molecule has 0 amide bonds. The zero-order valence-corrected chi connectivity index (χ0v) is 14.8. The van der Waals surface area contributed by atoms with Gasteiger partial charge in [-0.05, 0) is 54.0 Å². The van der Waals surface area contributed by atoms with E-state index in [4.69, 9.17) is 9.47 Å². The van der Waals surface area contributed by atoms with Crippen LogP contribution in [0.15, 0.2) is 60.7 Å². The van der Waals surface area contributed by atoms with E-state index in [0.29, 0.717) is 25.0 Å². The lowest BCUT2D eigenvalue weighted by atomic mass is 9.99. The average Bonchev–Trinajstić information content (AvgIpc) is 3.35. The number of hydrogen-bond acceptors (Lipinski definition) is 3. The van der Waals surface area contributed by atoms with E-state index in [2.05, 4.69) is 6.92 Å². The Labute approximate surface area is 149 Å². The fourth-order valence-electron chi connectivity index (χ4n) is 2.98. The monoisotopic (exact) mass is 336 g/mol. The first-order valence-electron chi connectivity index (χ1n) is 8.83. The van der Waals surface area contributed by atoms with Gasteiger partial charge < -0.3 is 9.47 Å². The molecule has 0 aromatic heterocycles. The summed E-state index contributed by atoms with van der Waals surface area (Å²) in [6, 6.07) is 18.1. The standard InChI is InChI=1S/C22H24O3/c1-3-24-22(23)14-21(20-12-16(20)2)18-10-7-11-19(13-18)25-15-17-8-5-4-6-9-17/h4-11,13-14,16,20H,3,12,15H2,1-2H3/b21-14-/t16-,20+/m1/s1. The molecule has 0 saturated heterocycles. The number of rotatable bonds is 7. The van der Waals surface area contributed by atoms with Gasteiger partial charge in [-0.1, -0.05) is 49.4 Å². The Morgan fingerprint density at radius 3 is 2.60 bits per heavy atom.